The van der Waals surface area contributed by atoms with Gasteiger partial charge in [0.25, 0.3) is 0 Å². The van der Waals surface area contributed by atoms with Gasteiger partial charge in [0.2, 0.25) is 5.91 Å². The maximum absolute atomic E-state index is 12.9. The number of thioether (sulfide) groups is 1. The number of amides is 1. The van der Waals surface area contributed by atoms with Crippen molar-refractivity contribution in [2.24, 2.45) is 0 Å². The van der Waals surface area contributed by atoms with Crippen LogP contribution in [0.2, 0.25) is 5.02 Å². The number of rotatable bonds is 6. The Morgan fingerprint density at radius 3 is 2.56 bits per heavy atom. The minimum Gasteiger partial charge on any atom is -0.378 e. The lowest BCUT2D eigenvalue weighted by Crippen LogP contribution is -2.38. The molecular weight excluding hydrogens is 380 g/mol. The summed E-state index contributed by atoms with van der Waals surface area (Å²) in [5.41, 5.74) is 2.36. The predicted molar refractivity (Wildman–Crippen MR) is 113 cm³/mol. The van der Waals surface area contributed by atoms with Crippen molar-refractivity contribution in [1.29, 1.82) is 0 Å². The van der Waals surface area contributed by atoms with Crippen molar-refractivity contribution in [2.75, 3.05) is 38.3 Å². The maximum Gasteiger partial charge on any atom is 0.235 e. The van der Waals surface area contributed by atoms with Crippen molar-refractivity contribution in [3.05, 3.63) is 59.1 Å². The van der Waals surface area contributed by atoms with Crippen molar-refractivity contribution in [1.82, 2.24) is 4.90 Å². The third-order valence-corrected chi connectivity index (χ3v) is 5.95. The molecule has 3 rings (SSSR count). The Bertz CT molecular complexity index is 763. The fourth-order valence-corrected chi connectivity index (χ4v) is 4.28. The first-order chi connectivity index (χ1) is 13.0. The highest BCUT2D eigenvalue weighted by Gasteiger charge is 2.21. The average molecular weight is 405 g/mol. The van der Waals surface area contributed by atoms with Gasteiger partial charge in [0.1, 0.15) is 0 Å². The second-order valence-electron chi connectivity index (χ2n) is 6.64. The van der Waals surface area contributed by atoms with Gasteiger partial charge in [-0.25, -0.2) is 0 Å². The Hall–Kier alpha value is -1.69. The van der Waals surface area contributed by atoms with Crippen molar-refractivity contribution in [3.8, 4) is 0 Å². The van der Waals surface area contributed by atoms with Crippen molar-refractivity contribution >= 4 is 35.0 Å². The largest absolute Gasteiger partial charge is 0.378 e. The molecule has 144 valence electrons. The summed E-state index contributed by atoms with van der Waals surface area (Å²) >= 11 is 7.49. The summed E-state index contributed by atoms with van der Waals surface area (Å²) in [7, 11) is 1.87. The third kappa shape index (κ3) is 5.41. The van der Waals surface area contributed by atoms with E-state index < -0.39 is 0 Å². The molecule has 0 N–H and O–H groups in total. The number of morpholine rings is 1. The highest BCUT2D eigenvalue weighted by Crippen LogP contribution is 2.27. The molecular formula is C21H25ClN2O2S. The molecule has 0 saturated carbocycles. The molecule has 1 fully saturated rings. The van der Waals surface area contributed by atoms with E-state index in [-0.39, 0.29) is 11.2 Å². The summed E-state index contributed by atoms with van der Waals surface area (Å²) in [6, 6.07) is 15.9. The van der Waals surface area contributed by atoms with E-state index in [2.05, 4.69) is 23.1 Å². The molecule has 1 saturated heterocycles. The van der Waals surface area contributed by atoms with E-state index in [1.807, 2.05) is 49.2 Å². The van der Waals surface area contributed by atoms with Crippen LogP contribution in [0.15, 0.2) is 53.4 Å². The number of carbonyl (C=O) groups is 1. The van der Waals surface area contributed by atoms with E-state index in [1.165, 1.54) is 11.3 Å². The summed E-state index contributed by atoms with van der Waals surface area (Å²) in [4.78, 5) is 18.0. The number of ether oxygens (including phenoxy) is 1. The van der Waals surface area contributed by atoms with Crippen LogP contribution in [0.5, 0.6) is 0 Å². The second kappa shape index (κ2) is 9.49. The summed E-state index contributed by atoms with van der Waals surface area (Å²) < 4.78 is 5.46. The van der Waals surface area contributed by atoms with Gasteiger partial charge in [-0.3, -0.25) is 4.79 Å². The maximum atomic E-state index is 12.9. The molecule has 0 radical (unpaired) electrons. The Balaban J connectivity index is 1.64. The van der Waals surface area contributed by atoms with E-state index in [9.17, 15) is 4.79 Å². The summed E-state index contributed by atoms with van der Waals surface area (Å²) in [5.74, 6) is 0.117. The van der Waals surface area contributed by atoms with Gasteiger partial charge in [0.05, 0.1) is 18.5 Å². The fourth-order valence-electron chi connectivity index (χ4n) is 3.17. The number of halogens is 1. The Kier molecular flexibility index (Phi) is 7.05. The zero-order chi connectivity index (χ0) is 19.2. The minimum absolute atomic E-state index is 0.117. The monoisotopic (exact) mass is 404 g/mol. The van der Waals surface area contributed by atoms with Crippen LogP contribution in [0, 0.1) is 0 Å². The first-order valence-electron chi connectivity index (χ1n) is 9.12. The number of anilines is 1. The number of carbonyl (C=O) groups excluding carboxylic acids is 1. The highest BCUT2D eigenvalue weighted by molar-refractivity contribution is 8.00. The smallest absolute Gasteiger partial charge is 0.235 e. The molecule has 1 atom stereocenters. The van der Waals surface area contributed by atoms with Gasteiger partial charge in [0, 0.05) is 42.3 Å². The molecule has 1 heterocycles. The Morgan fingerprint density at radius 2 is 1.85 bits per heavy atom. The van der Waals surface area contributed by atoms with Crippen LogP contribution in [0.1, 0.15) is 12.5 Å². The molecule has 4 nitrogen and oxygen atoms in total. The number of hydrogen-bond donors (Lipinski definition) is 0. The topological polar surface area (TPSA) is 32.8 Å². The molecule has 0 aromatic heterocycles. The van der Waals surface area contributed by atoms with Crippen LogP contribution >= 0.6 is 23.4 Å². The molecule has 0 unspecified atom stereocenters. The predicted octanol–water partition coefficient (Wildman–Crippen LogP) is 4.32. The number of benzene rings is 2. The number of para-hydroxylation sites is 1. The SMILES string of the molecule is C[C@@H](Sc1ccc(Cl)cc1)C(=O)N(C)Cc1ccccc1N1CCOCC1. The van der Waals surface area contributed by atoms with Gasteiger partial charge in [-0.1, -0.05) is 29.8 Å². The van der Waals surface area contributed by atoms with Crippen molar-refractivity contribution in [3.63, 3.8) is 0 Å². The summed E-state index contributed by atoms with van der Waals surface area (Å²) in [6.07, 6.45) is 0. The zero-order valence-electron chi connectivity index (χ0n) is 15.7. The molecule has 1 aliphatic rings. The van der Waals surface area contributed by atoms with Gasteiger partial charge in [-0.05, 0) is 42.8 Å². The summed E-state index contributed by atoms with van der Waals surface area (Å²) in [6.45, 7) is 5.81. The van der Waals surface area contributed by atoms with E-state index in [0.29, 0.717) is 11.6 Å². The molecule has 0 aliphatic carbocycles. The van der Waals surface area contributed by atoms with Crippen molar-refractivity contribution in [2.45, 2.75) is 23.6 Å². The molecule has 6 heteroatoms. The normalized spacial score (nSPS) is 15.4. The standard InChI is InChI=1S/C21H25ClN2O2S/c1-16(27-19-9-7-18(22)8-10-19)21(25)23(2)15-17-5-3-4-6-20(17)24-11-13-26-14-12-24/h3-10,16H,11-15H2,1-2H3/t16-/m1/s1. The van der Waals surface area contributed by atoms with E-state index in [0.717, 1.165) is 31.2 Å². The van der Waals surface area contributed by atoms with Crippen LogP contribution in [0.3, 0.4) is 0 Å². The molecule has 1 aliphatic heterocycles. The minimum atomic E-state index is -0.160. The van der Waals surface area contributed by atoms with Gasteiger partial charge in [-0.15, -0.1) is 11.8 Å². The number of nitrogens with zero attached hydrogens (tertiary/aromatic N) is 2. The second-order valence-corrected chi connectivity index (χ2v) is 8.49. The molecule has 0 bridgehead atoms. The molecule has 0 spiro atoms. The quantitative estimate of drug-likeness (QED) is 0.671. The number of hydrogen-bond acceptors (Lipinski definition) is 4. The van der Waals surface area contributed by atoms with Crippen molar-refractivity contribution < 1.29 is 9.53 Å². The van der Waals surface area contributed by atoms with E-state index in [1.54, 1.807) is 11.8 Å². The molecule has 2 aromatic carbocycles. The lowest BCUT2D eigenvalue weighted by molar-refractivity contribution is -0.129. The highest BCUT2D eigenvalue weighted by atomic mass is 35.5. The van der Waals surface area contributed by atoms with Crippen LogP contribution in [0.25, 0.3) is 0 Å². The summed E-state index contributed by atoms with van der Waals surface area (Å²) in [5, 5.41) is 0.543. The molecule has 2 aromatic rings. The van der Waals surface area contributed by atoms with Crippen LogP contribution in [-0.2, 0) is 16.1 Å². The van der Waals surface area contributed by atoms with E-state index in [4.69, 9.17) is 16.3 Å². The molecule has 27 heavy (non-hydrogen) atoms. The fraction of sp³-hybridized carbons (Fsp3) is 0.381. The van der Waals surface area contributed by atoms with Crippen LogP contribution < -0.4 is 4.90 Å². The van der Waals surface area contributed by atoms with Gasteiger partial charge < -0.3 is 14.5 Å². The van der Waals surface area contributed by atoms with Crippen LogP contribution in [-0.4, -0.2) is 49.4 Å². The lowest BCUT2D eigenvalue weighted by atomic mass is 10.1. The Labute approximate surface area is 170 Å². The lowest BCUT2D eigenvalue weighted by Gasteiger charge is -2.31. The van der Waals surface area contributed by atoms with Gasteiger partial charge >= 0.3 is 0 Å². The van der Waals surface area contributed by atoms with Crippen LogP contribution in [0.4, 0.5) is 5.69 Å². The first kappa shape index (κ1) is 20.1. The first-order valence-corrected chi connectivity index (χ1v) is 10.4. The van der Waals surface area contributed by atoms with E-state index >= 15 is 0 Å². The average Bonchev–Trinajstić information content (AvgIpc) is 2.70. The Morgan fingerprint density at radius 1 is 1.19 bits per heavy atom. The van der Waals surface area contributed by atoms with Gasteiger partial charge in [0.15, 0.2) is 0 Å². The third-order valence-electron chi connectivity index (χ3n) is 4.60. The molecule has 1 amide bonds. The zero-order valence-corrected chi connectivity index (χ0v) is 17.3. The van der Waals surface area contributed by atoms with Gasteiger partial charge in [-0.2, -0.15) is 0 Å².